The molecule has 1 N–H and O–H groups in total. The number of sulfone groups is 1. The maximum Gasteiger partial charge on any atom is 0.164 e. The Balaban J connectivity index is 1.76. The fourth-order valence-electron chi connectivity index (χ4n) is 3.46. The largest absolute Gasteiger partial charge is 0.293 e. The zero-order valence-electron chi connectivity index (χ0n) is 14.0. The van der Waals surface area contributed by atoms with Gasteiger partial charge in [-0.15, -0.1) is 0 Å². The molecule has 0 amide bonds. The zero-order valence-corrected chi connectivity index (χ0v) is 14.8. The smallest absolute Gasteiger partial charge is 0.164 e. The number of hydrogen-bond donors (Lipinski definition) is 1. The Morgan fingerprint density at radius 2 is 1.91 bits per heavy atom. The summed E-state index contributed by atoms with van der Waals surface area (Å²) in [7, 11) is -2.97. The predicted molar refractivity (Wildman–Crippen MR) is 88.8 cm³/mol. The number of piperazine rings is 1. The molecule has 2 aliphatic heterocycles. The van der Waals surface area contributed by atoms with Gasteiger partial charge in [0.2, 0.25) is 0 Å². The van der Waals surface area contributed by atoms with E-state index in [1.807, 2.05) is 6.92 Å². The number of hydrogen-bond acceptors (Lipinski definition) is 6. The highest BCUT2D eigenvalue weighted by Gasteiger charge is 2.46. The summed E-state index contributed by atoms with van der Waals surface area (Å²) in [5, 5.41) is 7.04. The normalized spacial score (nSPS) is 27.8. The molecule has 8 heteroatoms. The molecule has 0 aliphatic carbocycles. The number of rotatable bonds is 4. The first-order chi connectivity index (χ1) is 10.8. The van der Waals surface area contributed by atoms with Crippen molar-refractivity contribution in [2.24, 2.45) is 0 Å². The summed E-state index contributed by atoms with van der Waals surface area (Å²) >= 11 is 0. The molecule has 0 aromatic carbocycles. The summed E-state index contributed by atoms with van der Waals surface area (Å²) in [4.78, 5) is 8.89. The molecule has 0 bridgehead atoms. The lowest BCUT2D eigenvalue weighted by Gasteiger charge is -2.43. The number of H-pyrrole nitrogens is 1. The van der Waals surface area contributed by atoms with Gasteiger partial charge in [-0.25, -0.2) is 13.4 Å². The number of aromatic amines is 1. The third-order valence-electron chi connectivity index (χ3n) is 4.63. The third kappa shape index (κ3) is 3.81. The SMILES string of the molecule is CC(C)=CCN1CCN(Cc2n[nH]c(C)n2)[C@H]2CS(=O)(=O)C[C@H]21. The van der Waals surface area contributed by atoms with Gasteiger partial charge in [0.1, 0.15) is 5.82 Å². The first-order valence-electron chi connectivity index (χ1n) is 8.04. The van der Waals surface area contributed by atoms with Crippen LogP contribution in [0.25, 0.3) is 0 Å². The van der Waals surface area contributed by atoms with Gasteiger partial charge < -0.3 is 0 Å². The second-order valence-corrected chi connectivity index (χ2v) is 8.95. The van der Waals surface area contributed by atoms with Crippen LogP contribution in [0, 0.1) is 6.92 Å². The van der Waals surface area contributed by atoms with Crippen LogP contribution in [-0.2, 0) is 16.4 Å². The molecule has 0 unspecified atom stereocenters. The molecule has 1 aromatic heterocycles. The minimum absolute atomic E-state index is 0.0399. The Hall–Kier alpha value is -1.25. The Labute approximate surface area is 137 Å². The lowest BCUT2D eigenvalue weighted by atomic mass is 10.0. The molecule has 2 fully saturated rings. The van der Waals surface area contributed by atoms with E-state index in [0.29, 0.717) is 6.54 Å². The van der Waals surface area contributed by atoms with Crippen molar-refractivity contribution in [1.82, 2.24) is 25.0 Å². The van der Waals surface area contributed by atoms with Crippen molar-refractivity contribution >= 4 is 9.84 Å². The number of fused-ring (bicyclic) bond motifs is 1. The van der Waals surface area contributed by atoms with Gasteiger partial charge in [-0.05, 0) is 20.8 Å². The quantitative estimate of drug-likeness (QED) is 0.798. The second kappa shape index (κ2) is 6.33. The zero-order chi connectivity index (χ0) is 16.6. The Kier molecular flexibility index (Phi) is 4.57. The van der Waals surface area contributed by atoms with Gasteiger partial charge in [0.05, 0.1) is 18.1 Å². The van der Waals surface area contributed by atoms with Crippen molar-refractivity contribution in [3.8, 4) is 0 Å². The van der Waals surface area contributed by atoms with Crippen molar-refractivity contribution in [2.45, 2.75) is 39.4 Å². The second-order valence-electron chi connectivity index (χ2n) is 6.80. The molecule has 7 nitrogen and oxygen atoms in total. The van der Waals surface area contributed by atoms with Gasteiger partial charge in [0.15, 0.2) is 15.7 Å². The number of nitrogens with zero attached hydrogens (tertiary/aromatic N) is 4. The lowest BCUT2D eigenvalue weighted by molar-refractivity contribution is 0.0462. The minimum atomic E-state index is -2.97. The molecule has 1 aromatic rings. The summed E-state index contributed by atoms with van der Waals surface area (Å²) < 4.78 is 24.4. The van der Waals surface area contributed by atoms with E-state index in [9.17, 15) is 8.42 Å². The van der Waals surface area contributed by atoms with Gasteiger partial charge in [0, 0.05) is 31.7 Å². The van der Waals surface area contributed by atoms with Crippen LogP contribution in [0.4, 0.5) is 0 Å². The lowest BCUT2D eigenvalue weighted by Crippen LogP contribution is -2.58. The van der Waals surface area contributed by atoms with E-state index in [1.165, 1.54) is 5.57 Å². The van der Waals surface area contributed by atoms with E-state index in [4.69, 9.17) is 0 Å². The first-order valence-corrected chi connectivity index (χ1v) is 9.86. The maximum atomic E-state index is 12.2. The summed E-state index contributed by atoms with van der Waals surface area (Å²) in [6.07, 6.45) is 2.18. The molecular formula is C15H25N5O2S. The number of allylic oxidation sites excluding steroid dienone is 1. The van der Waals surface area contributed by atoms with E-state index in [2.05, 4.69) is 44.9 Å². The van der Waals surface area contributed by atoms with Crippen molar-refractivity contribution < 1.29 is 8.42 Å². The highest BCUT2D eigenvalue weighted by molar-refractivity contribution is 7.91. The molecule has 0 radical (unpaired) electrons. The fraction of sp³-hybridized carbons (Fsp3) is 0.733. The van der Waals surface area contributed by atoms with E-state index in [-0.39, 0.29) is 23.6 Å². The van der Waals surface area contributed by atoms with Crippen LogP contribution in [-0.4, -0.2) is 76.6 Å². The summed E-state index contributed by atoms with van der Waals surface area (Å²) in [5.41, 5.74) is 1.26. The van der Waals surface area contributed by atoms with Gasteiger partial charge >= 0.3 is 0 Å². The molecule has 3 rings (SSSR count). The summed E-state index contributed by atoms with van der Waals surface area (Å²) in [6, 6.07) is 0.113. The highest BCUT2D eigenvalue weighted by Crippen LogP contribution is 2.27. The van der Waals surface area contributed by atoms with Crippen molar-refractivity contribution in [2.75, 3.05) is 31.1 Å². The van der Waals surface area contributed by atoms with Crippen LogP contribution in [0.1, 0.15) is 25.5 Å². The third-order valence-corrected chi connectivity index (χ3v) is 6.33. The van der Waals surface area contributed by atoms with Crippen molar-refractivity contribution in [3.05, 3.63) is 23.3 Å². The maximum absolute atomic E-state index is 12.2. The Morgan fingerprint density at radius 3 is 2.52 bits per heavy atom. The van der Waals surface area contributed by atoms with Crippen LogP contribution < -0.4 is 0 Å². The molecule has 23 heavy (non-hydrogen) atoms. The van der Waals surface area contributed by atoms with Crippen LogP contribution in [0.5, 0.6) is 0 Å². The van der Waals surface area contributed by atoms with Gasteiger partial charge in [-0.3, -0.25) is 14.9 Å². The average molecular weight is 339 g/mol. The standard InChI is InChI=1S/C15H25N5O2S/c1-11(2)4-5-19-6-7-20(8-15-16-12(3)17-18-15)14-10-23(21,22)9-13(14)19/h4,13-14H,5-10H2,1-3H3,(H,16,17,18)/t13-,14+/m1/s1. The van der Waals surface area contributed by atoms with E-state index in [1.54, 1.807) is 0 Å². The molecule has 2 atom stereocenters. The van der Waals surface area contributed by atoms with Crippen LogP contribution >= 0.6 is 0 Å². The van der Waals surface area contributed by atoms with Gasteiger partial charge in [-0.2, -0.15) is 5.10 Å². The van der Waals surface area contributed by atoms with E-state index >= 15 is 0 Å². The van der Waals surface area contributed by atoms with E-state index < -0.39 is 9.84 Å². The minimum Gasteiger partial charge on any atom is -0.293 e. The molecule has 2 aliphatic rings. The number of nitrogens with one attached hydrogen (secondary N) is 1. The van der Waals surface area contributed by atoms with Crippen LogP contribution in [0.15, 0.2) is 11.6 Å². The number of aromatic nitrogens is 3. The van der Waals surface area contributed by atoms with Gasteiger partial charge in [0.25, 0.3) is 0 Å². The molecule has 128 valence electrons. The highest BCUT2D eigenvalue weighted by atomic mass is 32.2. The first kappa shape index (κ1) is 16.6. The summed E-state index contributed by atoms with van der Waals surface area (Å²) in [5.74, 6) is 2.03. The van der Waals surface area contributed by atoms with Gasteiger partial charge in [-0.1, -0.05) is 11.6 Å². The summed E-state index contributed by atoms with van der Waals surface area (Å²) in [6.45, 7) is 9.18. The molecule has 0 saturated carbocycles. The monoisotopic (exact) mass is 339 g/mol. The Morgan fingerprint density at radius 1 is 1.26 bits per heavy atom. The molecular weight excluding hydrogens is 314 g/mol. The number of aryl methyl sites for hydroxylation is 1. The molecule has 0 spiro atoms. The fourth-order valence-corrected chi connectivity index (χ4v) is 5.50. The van der Waals surface area contributed by atoms with Crippen molar-refractivity contribution in [3.63, 3.8) is 0 Å². The molecule has 3 heterocycles. The topological polar surface area (TPSA) is 82.2 Å². The predicted octanol–water partition coefficient (Wildman–Crippen LogP) is 0.363. The van der Waals surface area contributed by atoms with E-state index in [0.717, 1.165) is 31.3 Å². The van der Waals surface area contributed by atoms with Crippen LogP contribution in [0.2, 0.25) is 0 Å². The molecule has 2 saturated heterocycles. The Bertz CT molecular complexity index is 692. The average Bonchev–Trinajstić information content (AvgIpc) is 3.00. The van der Waals surface area contributed by atoms with Crippen LogP contribution in [0.3, 0.4) is 0 Å². The van der Waals surface area contributed by atoms with Crippen molar-refractivity contribution in [1.29, 1.82) is 0 Å².